The van der Waals surface area contributed by atoms with Crippen LogP contribution in [0, 0.1) is 5.92 Å². The minimum absolute atomic E-state index is 0.0728. The Morgan fingerprint density at radius 1 is 1.27 bits per heavy atom. The Kier molecular flexibility index (Phi) is 7.05. The molecule has 1 aromatic rings. The molecule has 2 aliphatic rings. The van der Waals surface area contributed by atoms with E-state index in [9.17, 15) is 0 Å². The number of aliphatic hydroxyl groups is 1. The lowest BCUT2D eigenvalue weighted by molar-refractivity contribution is 0.193. The van der Waals surface area contributed by atoms with E-state index in [0.717, 1.165) is 70.3 Å². The SMILES string of the molecule is CC(C)CN1CCCN(c2cc([C@H]3CCOC3)nc(NCCO)n2)CC1. The Morgan fingerprint density at radius 3 is 2.88 bits per heavy atom. The van der Waals surface area contributed by atoms with Gasteiger partial charge in [0.05, 0.1) is 18.9 Å². The second-order valence-corrected chi connectivity index (χ2v) is 7.72. The maximum atomic E-state index is 9.11. The molecule has 0 spiro atoms. The summed E-state index contributed by atoms with van der Waals surface area (Å²) in [6.45, 7) is 12.0. The van der Waals surface area contributed by atoms with E-state index in [2.05, 4.69) is 40.0 Å². The van der Waals surface area contributed by atoms with Gasteiger partial charge in [0.15, 0.2) is 0 Å². The standard InChI is InChI=1S/C19H33N5O2/c1-15(2)13-23-6-3-7-24(9-8-23)18-12-17(16-4-11-26-14-16)21-19(22-18)20-5-10-25/h12,15-16,25H,3-11,13-14H2,1-2H3,(H,20,21,22)/t16-/m0/s1. The van der Waals surface area contributed by atoms with E-state index in [1.807, 2.05) is 0 Å². The normalized spacial score (nSPS) is 22.0. The van der Waals surface area contributed by atoms with Crippen LogP contribution in [0.3, 0.4) is 0 Å². The molecular formula is C19H33N5O2. The van der Waals surface area contributed by atoms with Gasteiger partial charge in [-0.3, -0.25) is 0 Å². The highest BCUT2D eigenvalue weighted by Crippen LogP contribution is 2.27. The molecule has 2 aliphatic heterocycles. The van der Waals surface area contributed by atoms with Crippen molar-refractivity contribution in [2.24, 2.45) is 5.92 Å². The van der Waals surface area contributed by atoms with Crippen LogP contribution in [-0.4, -0.2) is 79.1 Å². The number of aromatic nitrogens is 2. The summed E-state index contributed by atoms with van der Waals surface area (Å²) in [5.41, 5.74) is 1.05. The van der Waals surface area contributed by atoms with Gasteiger partial charge in [-0.2, -0.15) is 4.98 Å². The summed E-state index contributed by atoms with van der Waals surface area (Å²) < 4.78 is 5.55. The van der Waals surface area contributed by atoms with Gasteiger partial charge in [-0.05, 0) is 25.3 Å². The third kappa shape index (κ3) is 5.28. The smallest absolute Gasteiger partial charge is 0.224 e. The number of hydrogen-bond donors (Lipinski definition) is 2. The zero-order valence-corrected chi connectivity index (χ0v) is 16.2. The van der Waals surface area contributed by atoms with Crippen LogP contribution in [0.4, 0.5) is 11.8 Å². The fourth-order valence-electron chi connectivity index (χ4n) is 3.74. The second-order valence-electron chi connectivity index (χ2n) is 7.72. The first-order chi connectivity index (χ1) is 12.7. The quantitative estimate of drug-likeness (QED) is 0.761. The van der Waals surface area contributed by atoms with Crippen molar-refractivity contribution in [1.82, 2.24) is 14.9 Å². The zero-order chi connectivity index (χ0) is 18.4. The molecule has 0 bridgehead atoms. The van der Waals surface area contributed by atoms with Crippen LogP contribution in [0.15, 0.2) is 6.07 Å². The van der Waals surface area contributed by atoms with Gasteiger partial charge in [-0.25, -0.2) is 4.98 Å². The average molecular weight is 364 g/mol. The predicted octanol–water partition coefficient (Wildman–Crippen LogP) is 1.55. The van der Waals surface area contributed by atoms with Gasteiger partial charge in [0, 0.05) is 51.3 Å². The molecule has 7 heteroatoms. The summed E-state index contributed by atoms with van der Waals surface area (Å²) in [7, 11) is 0. The number of nitrogens with one attached hydrogen (secondary N) is 1. The summed E-state index contributed by atoms with van der Waals surface area (Å²) in [5, 5.41) is 12.2. The van der Waals surface area contributed by atoms with Crippen molar-refractivity contribution in [2.75, 3.05) is 69.3 Å². The Bertz CT molecular complexity index is 563. The van der Waals surface area contributed by atoms with E-state index in [1.165, 1.54) is 0 Å². The number of anilines is 2. The summed E-state index contributed by atoms with van der Waals surface area (Å²) in [5.74, 6) is 2.65. The molecule has 2 N–H and O–H groups in total. The first kappa shape index (κ1) is 19.3. The minimum atomic E-state index is 0.0728. The average Bonchev–Trinajstić information content (AvgIpc) is 3.07. The highest BCUT2D eigenvalue weighted by Gasteiger charge is 2.23. The Balaban J connectivity index is 1.75. The summed E-state index contributed by atoms with van der Waals surface area (Å²) >= 11 is 0. The largest absolute Gasteiger partial charge is 0.395 e. The molecular weight excluding hydrogens is 330 g/mol. The third-order valence-corrected chi connectivity index (χ3v) is 5.01. The van der Waals surface area contributed by atoms with Crippen molar-refractivity contribution in [1.29, 1.82) is 0 Å². The summed E-state index contributed by atoms with van der Waals surface area (Å²) in [6, 6.07) is 2.14. The van der Waals surface area contributed by atoms with Crippen molar-refractivity contribution in [2.45, 2.75) is 32.6 Å². The van der Waals surface area contributed by atoms with Crippen LogP contribution in [-0.2, 0) is 4.74 Å². The molecule has 0 radical (unpaired) electrons. The molecule has 2 saturated heterocycles. The van der Waals surface area contributed by atoms with Gasteiger partial charge in [0.1, 0.15) is 5.82 Å². The van der Waals surface area contributed by atoms with Crippen LogP contribution in [0.25, 0.3) is 0 Å². The number of aliphatic hydroxyl groups excluding tert-OH is 1. The summed E-state index contributed by atoms with van der Waals surface area (Å²) in [6.07, 6.45) is 2.16. The first-order valence-electron chi connectivity index (χ1n) is 9.94. The van der Waals surface area contributed by atoms with Crippen LogP contribution < -0.4 is 10.2 Å². The number of ether oxygens (including phenoxy) is 1. The van der Waals surface area contributed by atoms with Crippen molar-refractivity contribution in [3.05, 3.63) is 11.8 Å². The van der Waals surface area contributed by atoms with Gasteiger partial charge in [-0.15, -0.1) is 0 Å². The lowest BCUT2D eigenvalue weighted by Crippen LogP contribution is -2.33. The van der Waals surface area contributed by atoms with Crippen LogP contribution in [0.5, 0.6) is 0 Å². The molecule has 0 aliphatic carbocycles. The topological polar surface area (TPSA) is 73.8 Å². The number of nitrogens with zero attached hydrogens (tertiary/aromatic N) is 4. The van der Waals surface area contributed by atoms with Crippen LogP contribution >= 0.6 is 0 Å². The first-order valence-corrected chi connectivity index (χ1v) is 9.94. The van der Waals surface area contributed by atoms with Gasteiger partial charge < -0.3 is 25.0 Å². The molecule has 2 fully saturated rings. The van der Waals surface area contributed by atoms with E-state index in [0.29, 0.717) is 24.3 Å². The van der Waals surface area contributed by atoms with E-state index in [1.54, 1.807) is 0 Å². The lowest BCUT2D eigenvalue weighted by Gasteiger charge is -2.24. The monoisotopic (exact) mass is 363 g/mol. The van der Waals surface area contributed by atoms with Gasteiger partial charge in [0.25, 0.3) is 0 Å². The van der Waals surface area contributed by atoms with Crippen molar-refractivity contribution in [3.8, 4) is 0 Å². The number of rotatable bonds is 7. The molecule has 3 rings (SSSR count). The molecule has 1 aromatic heterocycles. The predicted molar refractivity (Wildman–Crippen MR) is 104 cm³/mol. The fraction of sp³-hybridized carbons (Fsp3) is 0.789. The van der Waals surface area contributed by atoms with Crippen molar-refractivity contribution >= 4 is 11.8 Å². The second kappa shape index (κ2) is 9.48. The van der Waals surface area contributed by atoms with Gasteiger partial charge >= 0.3 is 0 Å². The highest BCUT2D eigenvalue weighted by atomic mass is 16.5. The zero-order valence-electron chi connectivity index (χ0n) is 16.2. The maximum absolute atomic E-state index is 9.11. The highest BCUT2D eigenvalue weighted by molar-refractivity contribution is 5.46. The molecule has 0 aromatic carbocycles. The summed E-state index contributed by atoms with van der Waals surface area (Å²) in [4.78, 5) is 14.3. The molecule has 26 heavy (non-hydrogen) atoms. The maximum Gasteiger partial charge on any atom is 0.224 e. The van der Waals surface area contributed by atoms with Gasteiger partial charge in [-0.1, -0.05) is 13.8 Å². The van der Waals surface area contributed by atoms with Gasteiger partial charge in [0.2, 0.25) is 5.95 Å². The number of hydrogen-bond acceptors (Lipinski definition) is 7. The molecule has 7 nitrogen and oxygen atoms in total. The molecule has 1 atom stereocenters. The van der Waals surface area contributed by atoms with E-state index in [-0.39, 0.29) is 6.61 Å². The lowest BCUT2D eigenvalue weighted by atomic mass is 10.0. The van der Waals surface area contributed by atoms with E-state index < -0.39 is 0 Å². The van der Waals surface area contributed by atoms with Crippen molar-refractivity contribution < 1.29 is 9.84 Å². The Morgan fingerprint density at radius 2 is 2.15 bits per heavy atom. The minimum Gasteiger partial charge on any atom is -0.395 e. The van der Waals surface area contributed by atoms with E-state index in [4.69, 9.17) is 14.8 Å². The molecule has 0 saturated carbocycles. The molecule has 0 amide bonds. The Labute approximate surface area is 156 Å². The van der Waals surface area contributed by atoms with Crippen LogP contribution in [0.1, 0.15) is 38.3 Å². The molecule has 0 unspecified atom stereocenters. The molecule has 146 valence electrons. The Hall–Kier alpha value is -1.44. The van der Waals surface area contributed by atoms with Crippen molar-refractivity contribution in [3.63, 3.8) is 0 Å². The third-order valence-electron chi connectivity index (χ3n) is 5.01. The van der Waals surface area contributed by atoms with Crippen LogP contribution in [0.2, 0.25) is 0 Å². The molecule has 3 heterocycles. The van der Waals surface area contributed by atoms with E-state index >= 15 is 0 Å². The fourth-order valence-corrected chi connectivity index (χ4v) is 3.74.